The van der Waals surface area contributed by atoms with Gasteiger partial charge in [-0.2, -0.15) is 0 Å². The summed E-state index contributed by atoms with van der Waals surface area (Å²) < 4.78 is 31.6. The number of ketones is 1. The Bertz CT molecular complexity index is 1120. The van der Waals surface area contributed by atoms with Crippen LogP contribution in [0.25, 0.3) is 11.1 Å². The van der Waals surface area contributed by atoms with Gasteiger partial charge in [0.05, 0.1) is 10.6 Å². The fraction of sp³-hybridized carbons (Fsp3) is 0.263. The molecule has 0 aromatic carbocycles. The number of benzene rings is 1. The van der Waals surface area contributed by atoms with Crippen LogP contribution in [0, 0.1) is 27.7 Å². The van der Waals surface area contributed by atoms with Gasteiger partial charge >= 0.3 is 0 Å². The van der Waals surface area contributed by atoms with Gasteiger partial charge in [-0.15, -0.1) is 11.3 Å². The molecule has 6 nitrogen and oxygen atoms in total. The highest BCUT2D eigenvalue weighted by atomic mass is 32.2. The van der Waals surface area contributed by atoms with Crippen LogP contribution in [-0.2, 0) is 10.0 Å². The van der Waals surface area contributed by atoms with E-state index in [0.29, 0.717) is 11.3 Å². The third-order valence-electron chi connectivity index (χ3n) is 4.44. The van der Waals surface area contributed by atoms with Gasteiger partial charge < -0.3 is 4.52 Å². The Morgan fingerprint density at radius 3 is 2.19 bits per heavy atom. The third-order valence-corrected chi connectivity index (χ3v) is 6.96. The molecule has 0 atom stereocenters. The van der Waals surface area contributed by atoms with Crippen molar-refractivity contribution < 1.29 is 17.7 Å². The summed E-state index contributed by atoms with van der Waals surface area (Å²) in [5.41, 5.74) is 7.11. The van der Waals surface area contributed by atoms with E-state index in [2.05, 4.69) is 35.9 Å². The Labute approximate surface area is 162 Å². The molecule has 27 heavy (non-hydrogen) atoms. The molecule has 4 rings (SSSR count). The first-order chi connectivity index (χ1) is 12.6. The van der Waals surface area contributed by atoms with Crippen LogP contribution < -0.4 is 4.72 Å². The van der Waals surface area contributed by atoms with Gasteiger partial charge in [0.1, 0.15) is 4.90 Å². The molecular formula is C19H20N2O4S2. The molecule has 0 saturated heterocycles. The Morgan fingerprint density at radius 1 is 1.15 bits per heavy atom. The van der Waals surface area contributed by atoms with Crippen molar-refractivity contribution in [1.29, 1.82) is 0 Å². The second-order valence-electron chi connectivity index (χ2n) is 6.48. The summed E-state index contributed by atoms with van der Waals surface area (Å²) >= 11 is 1.09. The summed E-state index contributed by atoms with van der Waals surface area (Å²) in [5.74, 6) is -0.223. The van der Waals surface area contributed by atoms with Gasteiger partial charge in [-0.25, -0.2) is 13.1 Å². The molecule has 2 aromatic heterocycles. The highest BCUT2D eigenvalue weighted by molar-refractivity contribution is 7.93. The van der Waals surface area contributed by atoms with Gasteiger partial charge in [-0.1, -0.05) is 17.3 Å². The van der Waals surface area contributed by atoms with Crippen LogP contribution >= 0.6 is 11.3 Å². The number of rotatable bonds is 4. The van der Waals surface area contributed by atoms with E-state index in [4.69, 9.17) is 4.52 Å². The number of Topliss-reactive ketones (excluding diaryl/α,β-unsaturated/α-hetero) is 1. The van der Waals surface area contributed by atoms with Crippen LogP contribution in [0.4, 0.5) is 5.88 Å². The normalized spacial score (nSPS) is 11.6. The third kappa shape index (κ3) is 3.54. The van der Waals surface area contributed by atoms with Crippen molar-refractivity contribution in [2.24, 2.45) is 0 Å². The number of aryl methyl sites for hydroxylation is 3. The molecule has 2 aromatic rings. The zero-order valence-corrected chi connectivity index (χ0v) is 17.3. The fourth-order valence-electron chi connectivity index (χ4n) is 2.86. The Balaban J connectivity index is 0.000000216. The summed E-state index contributed by atoms with van der Waals surface area (Å²) in [6.45, 7) is 9.06. The maximum absolute atomic E-state index is 12.2. The molecule has 0 fully saturated rings. The Hall–Kier alpha value is -2.45. The first kappa shape index (κ1) is 19.3. The van der Waals surface area contributed by atoms with Crippen molar-refractivity contribution in [2.75, 3.05) is 4.72 Å². The number of hydrogen-bond acceptors (Lipinski definition) is 6. The molecule has 0 unspecified atom stereocenters. The van der Waals surface area contributed by atoms with E-state index >= 15 is 0 Å². The van der Waals surface area contributed by atoms with Gasteiger partial charge in [0.25, 0.3) is 10.0 Å². The summed E-state index contributed by atoms with van der Waals surface area (Å²) in [6.07, 6.45) is 0. The van der Waals surface area contributed by atoms with Crippen LogP contribution in [0.3, 0.4) is 0 Å². The van der Waals surface area contributed by atoms with Gasteiger partial charge in [0, 0.05) is 5.56 Å². The summed E-state index contributed by atoms with van der Waals surface area (Å²) in [5, 5.41) is 5.23. The lowest BCUT2D eigenvalue weighted by molar-refractivity contribution is 0.101. The van der Waals surface area contributed by atoms with Gasteiger partial charge in [0.15, 0.2) is 5.78 Å². The number of thiophene rings is 1. The van der Waals surface area contributed by atoms with E-state index in [9.17, 15) is 13.2 Å². The SMILES string of the molecule is CC(=O)c1sccc1S(=O)(=O)Nc1onc(C)c1C.Cc1cc2cc(C)c1-2. The van der Waals surface area contributed by atoms with Crippen molar-refractivity contribution in [3.05, 3.63) is 50.8 Å². The number of aromatic nitrogens is 1. The Morgan fingerprint density at radius 2 is 1.78 bits per heavy atom. The maximum Gasteiger partial charge on any atom is 0.265 e. The predicted octanol–water partition coefficient (Wildman–Crippen LogP) is 4.64. The molecule has 2 aliphatic carbocycles. The zero-order chi connectivity index (χ0) is 19.9. The van der Waals surface area contributed by atoms with Crippen molar-refractivity contribution in [3.63, 3.8) is 0 Å². The summed E-state index contributed by atoms with van der Waals surface area (Å²) in [7, 11) is -3.85. The minimum atomic E-state index is -3.85. The number of fused-ring (bicyclic) bond motifs is 1. The molecule has 2 heterocycles. The predicted molar refractivity (Wildman–Crippen MR) is 106 cm³/mol. The number of anilines is 1. The van der Waals surface area contributed by atoms with E-state index < -0.39 is 10.0 Å². The molecule has 0 amide bonds. The molecule has 142 valence electrons. The standard InChI is InChI=1S/C11H12N2O4S2.C8H8/c1-6-7(2)12-17-11(6)13-19(15,16)9-4-5-18-10(9)8(3)14;1-5-3-7-4-6(2)8(5)7/h4-5,13H,1-3H3;3-4H,1-2H3. The lowest BCUT2D eigenvalue weighted by atomic mass is 9.82. The van der Waals surface area contributed by atoms with Crippen molar-refractivity contribution in [3.8, 4) is 11.1 Å². The molecular weight excluding hydrogens is 384 g/mol. The first-order valence-corrected chi connectivity index (χ1v) is 10.6. The van der Waals surface area contributed by atoms with Gasteiger partial charge in [0.2, 0.25) is 5.88 Å². The van der Waals surface area contributed by atoms with Gasteiger partial charge in [-0.05, 0) is 68.3 Å². The molecule has 0 aliphatic heterocycles. The second kappa shape index (κ2) is 6.94. The number of sulfonamides is 1. The highest BCUT2D eigenvalue weighted by Gasteiger charge is 2.24. The summed E-state index contributed by atoms with van der Waals surface area (Å²) in [4.78, 5) is 11.5. The number of hydrogen-bond donors (Lipinski definition) is 1. The van der Waals surface area contributed by atoms with Crippen LogP contribution in [0.15, 0.2) is 33.0 Å². The zero-order valence-electron chi connectivity index (χ0n) is 15.7. The lowest BCUT2D eigenvalue weighted by Gasteiger charge is -2.22. The molecule has 0 radical (unpaired) electrons. The van der Waals surface area contributed by atoms with Crippen LogP contribution in [0.5, 0.6) is 0 Å². The largest absolute Gasteiger partial charge is 0.337 e. The van der Waals surface area contributed by atoms with E-state index in [-0.39, 0.29) is 21.4 Å². The molecule has 0 saturated carbocycles. The van der Waals surface area contributed by atoms with E-state index in [1.807, 2.05) is 0 Å². The van der Waals surface area contributed by atoms with Crippen molar-refractivity contribution in [1.82, 2.24) is 5.16 Å². The minimum Gasteiger partial charge on any atom is -0.337 e. The lowest BCUT2D eigenvalue weighted by Crippen LogP contribution is -2.14. The Kier molecular flexibility index (Phi) is 4.96. The number of carbonyl (C=O) groups excluding carboxylic acids is 1. The number of nitrogens with zero attached hydrogens (tertiary/aromatic N) is 1. The minimum absolute atomic E-state index is 0.0431. The van der Waals surface area contributed by atoms with Crippen LogP contribution in [0.1, 0.15) is 39.0 Å². The topological polar surface area (TPSA) is 89.3 Å². The van der Waals surface area contributed by atoms with Gasteiger partial charge in [-0.3, -0.25) is 4.79 Å². The smallest absolute Gasteiger partial charge is 0.265 e. The number of carbonyl (C=O) groups is 1. The molecule has 2 aliphatic rings. The molecule has 0 spiro atoms. The second-order valence-corrected chi connectivity index (χ2v) is 9.05. The van der Waals surface area contributed by atoms with Crippen molar-refractivity contribution in [2.45, 2.75) is 39.5 Å². The molecule has 1 N–H and O–H groups in total. The van der Waals surface area contributed by atoms with E-state index in [1.54, 1.807) is 19.2 Å². The summed E-state index contributed by atoms with van der Waals surface area (Å²) in [6, 6.07) is 5.84. The van der Waals surface area contributed by atoms with E-state index in [0.717, 1.165) is 11.3 Å². The average Bonchev–Trinajstić information content (AvgIpc) is 3.17. The fourth-order valence-corrected chi connectivity index (χ4v) is 5.29. The van der Waals surface area contributed by atoms with E-state index in [1.165, 1.54) is 35.2 Å². The monoisotopic (exact) mass is 404 g/mol. The molecule has 0 bridgehead atoms. The average molecular weight is 405 g/mol. The van der Waals surface area contributed by atoms with Crippen LogP contribution in [-0.4, -0.2) is 19.4 Å². The molecule has 8 heteroatoms. The van der Waals surface area contributed by atoms with Crippen molar-refractivity contribution >= 4 is 33.0 Å². The first-order valence-electron chi connectivity index (χ1n) is 8.27. The van der Waals surface area contributed by atoms with Crippen LogP contribution in [0.2, 0.25) is 0 Å². The quantitative estimate of drug-likeness (QED) is 0.501. The highest BCUT2D eigenvalue weighted by Crippen LogP contribution is 2.39. The maximum atomic E-state index is 12.2. The number of nitrogens with one attached hydrogen (secondary N) is 1.